The van der Waals surface area contributed by atoms with Gasteiger partial charge >= 0.3 is 19.3 Å². The van der Waals surface area contributed by atoms with E-state index in [-0.39, 0.29) is 18.8 Å². The van der Waals surface area contributed by atoms with Crippen LogP contribution < -0.4 is 5.59 Å². The molecule has 11 heteroatoms. The number of benzene rings is 2. The van der Waals surface area contributed by atoms with Crippen molar-refractivity contribution in [1.82, 2.24) is 9.13 Å². The molecule has 2 N–H and O–H groups in total. The van der Waals surface area contributed by atoms with E-state index in [0.29, 0.717) is 45.8 Å². The van der Waals surface area contributed by atoms with Gasteiger partial charge in [-0.05, 0) is 102 Å². The van der Waals surface area contributed by atoms with Crippen LogP contribution in [0.3, 0.4) is 0 Å². The summed E-state index contributed by atoms with van der Waals surface area (Å²) in [5.74, 6) is -0.632. The van der Waals surface area contributed by atoms with E-state index >= 15 is 0 Å². The molecule has 4 rings (SSSR count). The van der Waals surface area contributed by atoms with Gasteiger partial charge in [0.25, 0.3) is 0 Å². The maximum Gasteiger partial charge on any atom is 0.506 e. The average molecular weight is 586 g/mol. The third-order valence-electron chi connectivity index (χ3n) is 6.05. The van der Waals surface area contributed by atoms with Gasteiger partial charge in [0, 0.05) is 17.0 Å². The number of fused-ring (bicyclic) bond motifs is 2. The molecule has 0 atom stereocenters. The molecule has 0 saturated heterocycles. The van der Waals surface area contributed by atoms with E-state index in [2.05, 4.69) is 0 Å². The van der Waals surface area contributed by atoms with Gasteiger partial charge in [-0.1, -0.05) is 21.3 Å². The smallest absolute Gasteiger partial charge is 0.443 e. The van der Waals surface area contributed by atoms with E-state index in [9.17, 15) is 28.4 Å². The third-order valence-corrected chi connectivity index (χ3v) is 6.05. The monoisotopic (exact) mass is 586 g/mol. The molecule has 0 bridgehead atoms. The molecule has 2 heterocycles. The molecule has 0 aliphatic heterocycles. The van der Waals surface area contributed by atoms with Gasteiger partial charge in [-0.15, -0.1) is 0 Å². The Morgan fingerprint density at radius 1 is 0.786 bits per heavy atom. The Hall–Kier alpha value is -3.70. The summed E-state index contributed by atoms with van der Waals surface area (Å²) in [6.45, 7) is 14.3. The Morgan fingerprint density at radius 3 is 1.74 bits per heavy atom. The van der Waals surface area contributed by atoms with Crippen LogP contribution in [0.2, 0.25) is 0 Å². The predicted molar refractivity (Wildman–Crippen MR) is 162 cm³/mol. The van der Waals surface area contributed by atoms with E-state index in [1.54, 1.807) is 46.0 Å². The van der Waals surface area contributed by atoms with Gasteiger partial charge in [0.1, 0.15) is 22.8 Å². The third kappa shape index (κ3) is 7.98. The molecule has 0 radical (unpaired) electrons. The summed E-state index contributed by atoms with van der Waals surface area (Å²) in [7, 11) is -1.87. The lowest BCUT2D eigenvalue weighted by atomic mass is 9.86. The Kier molecular flexibility index (Phi) is 10.7. The van der Waals surface area contributed by atoms with Crippen molar-refractivity contribution in [3.63, 3.8) is 0 Å². The highest BCUT2D eigenvalue weighted by molar-refractivity contribution is 6.59. The number of hydrogen-bond donors (Lipinski definition) is 2. The number of carbonyl (C=O) groups is 2. The summed E-state index contributed by atoms with van der Waals surface area (Å²) in [5, 5.41) is 20.1. The van der Waals surface area contributed by atoms with E-state index in [1.165, 1.54) is 28.8 Å². The maximum absolute atomic E-state index is 13.9. The second-order valence-corrected chi connectivity index (χ2v) is 11.6. The lowest BCUT2D eigenvalue weighted by molar-refractivity contribution is 0.0534. The molecule has 0 fully saturated rings. The fourth-order valence-electron chi connectivity index (χ4n) is 4.20. The molecule has 0 amide bonds. The average Bonchev–Trinajstić information content (AvgIpc) is 3.42. The minimum atomic E-state index is -1.87. The Morgan fingerprint density at radius 2 is 1.26 bits per heavy atom. The summed E-state index contributed by atoms with van der Waals surface area (Å²) in [4.78, 5) is 24.4. The zero-order valence-electron chi connectivity index (χ0n) is 24.7. The number of aromatic nitrogens is 2. The molecular formula is C31H41BF2N2O6. The van der Waals surface area contributed by atoms with E-state index in [4.69, 9.17) is 9.47 Å². The van der Waals surface area contributed by atoms with Crippen molar-refractivity contribution >= 4 is 46.7 Å². The number of nitrogens with zero attached hydrogens (tertiary/aromatic N) is 2. The Labute approximate surface area is 246 Å². The Balaban J connectivity index is 0.000000289. The SMILES string of the molecule is C.CCc1cc2c(cc1F)cc(B(O)O)n2C(=O)OC(C)(C)C.CCc1cc2c(ccn2C(=O)OC(C)(C)C)cc1F. The van der Waals surface area contributed by atoms with Crippen LogP contribution in [0, 0.1) is 11.6 Å². The molecule has 8 nitrogen and oxygen atoms in total. The number of aryl methyl sites for hydroxylation is 2. The summed E-state index contributed by atoms with van der Waals surface area (Å²) < 4.78 is 40.7. The van der Waals surface area contributed by atoms with Gasteiger partial charge in [0.15, 0.2) is 0 Å². The molecule has 0 aliphatic carbocycles. The minimum Gasteiger partial charge on any atom is -0.443 e. The molecule has 0 saturated carbocycles. The molecule has 228 valence electrons. The van der Waals surface area contributed by atoms with Crippen LogP contribution in [0.25, 0.3) is 21.8 Å². The van der Waals surface area contributed by atoms with E-state index in [1.807, 2.05) is 27.7 Å². The van der Waals surface area contributed by atoms with Gasteiger partial charge in [-0.3, -0.25) is 9.13 Å². The standard InChI is InChI=1S/C15H19BFNO4.C15H18FNO2.CH4/c1-5-9-7-12-10(6-11(9)17)8-13(16(20)21)18(12)14(19)22-15(2,3)4;1-5-10-9-13-11(8-12(10)16)6-7-17(13)14(18)19-15(2,3)4;/h6-8,20-21H,5H2,1-4H3;6-9H,5H2,1-4H3;1H4. The van der Waals surface area contributed by atoms with Crippen molar-refractivity contribution in [2.75, 3.05) is 0 Å². The highest BCUT2D eigenvalue weighted by Gasteiger charge is 2.27. The quantitative estimate of drug-likeness (QED) is 0.264. The summed E-state index contributed by atoms with van der Waals surface area (Å²) in [6, 6.07) is 9.04. The summed E-state index contributed by atoms with van der Waals surface area (Å²) in [6.07, 6.45) is 1.47. The van der Waals surface area contributed by atoms with Crippen molar-refractivity contribution in [3.8, 4) is 0 Å². The second kappa shape index (κ2) is 13.1. The van der Waals surface area contributed by atoms with Crippen LogP contribution in [-0.2, 0) is 22.3 Å². The molecule has 42 heavy (non-hydrogen) atoms. The van der Waals surface area contributed by atoms with E-state index < -0.39 is 36.3 Å². The zero-order valence-corrected chi connectivity index (χ0v) is 24.7. The minimum absolute atomic E-state index is 0. The first-order valence-electron chi connectivity index (χ1n) is 13.4. The summed E-state index contributed by atoms with van der Waals surface area (Å²) in [5.41, 5.74) is 0.741. The van der Waals surface area contributed by atoms with Gasteiger partial charge in [0.2, 0.25) is 0 Å². The van der Waals surface area contributed by atoms with Crippen LogP contribution in [-0.4, -0.2) is 49.7 Å². The number of halogens is 2. The topological polar surface area (TPSA) is 103 Å². The normalized spacial score (nSPS) is 11.5. The van der Waals surface area contributed by atoms with Crippen LogP contribution >= 0.6 is 0 Å². The lowest BCUT2D eigenvalue weighted by Gasteiger charge is -2.21. The maximum atomic E-state index is 13.9. The lowest BCUT2D eigenvalue weighted by Crippen LogP contribution is -2.41. The van der Waals surface area contributed by atoms with Crippen molar-refractivity contribution in [2.45, 2.75) is 86.9 Å². The first-order chi connectivity index (χ1) is 19.0. The van der Waals surface area contributed by atoms with Crippen molar-refractivity contribution < 1.29 is 37.9 Å². The van der Waals surface area contributed by atoms with Gasteiger partial charge in [0.05, 0.1) is 16.6 Å². The summed E-state index contributed by atoms with van der Waals surface area (Å²) >= 11 is 0. The molecule has 2 aromatic heterocycles. The number of carbonyl (C=O) groups excluding carboxylic acids is 2. The van der Waals surface area contributed by atoms with Crippen LogP contribution in [0.5, 0.6) is 0 Å². The second-order valence-electron chi connectivity index (χ2n) is 11.6. The van der Waals surface area contributed by atoms with Gasteiger partial charge in [-0.2, -0.15) is 0 Å². The van der Waals surface area contributed by atoms with Crippen molar-refractivity contribution in [1.29, 1.82) is 0 Å². The fourth-order valence-corrected chi connectivity index (χ4v) is 4.20. The number of hydrogen-bond acceptors (Lipinski definition) is 6. The largest absolute Gasteiger partial charge is 0.506 e. The number of rotatable bonds is 3. The van der Waals surface area contributed by atoms with Crippen LogP contribution in [0.1, 0.15) is 73.9 Å². The molecule has 0 unspecified atom stereocenters. The predicted octanol–water partition coefficient (Wildman–Crippen LogP) is 6.57. The van der Waals surface area contributed by atoms with Crippen LogP contribution in [0.4, 0.5) is 18.4 Å². The number of ether oxygens (including phenoxy) is 2. The Bertz CT molecular complexity index is 1580. The zero-order chi connectivity index (χ0) is 30.9. The highest BCUT2D eigenvalue weighted by Crippen LogP contribution is 2.23. The van der Waals surface area contributed by atoms with Gasteiger partial charge < -0.3 is 19.5 Å². The first kappa shape index (κ1) is 34.5. The van der Waals surface area contributed by atoms with Crippen molar-refractivity contribution in [3.05, 3.63) is 65.4 Å². The molecular weight excluding hydrogens is 545 g/mol. The molecule has 0 aliphatic rings. The van der Waals surface area contributed by atoms with E-state index in [0.717, 1.165) is 4.57 Å². The molecule has 4 aromatic rings. The van der Waals surface area contributed by atoms with Crippen molar-refractivity contribution in [2.24, 2.45) is 0 Å². The molecule has 2 aromatic carbocycles. The first-order valence-corrected chi connectivity index (χ1v) is 13.4. The molecule has 0 spiro atoms. The fraction of sp³-hybridized carbons (Fsp3) is 0.419. The van der Waals surface area contributed by atoms with Gasteiger partial charge in [-0.25, -0.2) is 18.4 Å². The highest BCUT2D eigenvalue weighted by atomic mass is 19.1. The van der Waals surface area contributed by atoms with Crippen LogP contribution in [0.15, 0.2) is 42.6 Å².